The molecule has 0 aliphatic rings. The number of ether oxygens (including phenoxy) is 1. The maximum absolute atomic E-state index is 5.38. The number of pyridine rings is 1. The van der Waals surface area contributed by atoms with E-state index in [1.165, 1.54) is 0 Å². The van der Waals surface area contributed by atoms with Gasteiger partial charge in [-0.3, -0.25) is 10.1 Å². The lowest BCUT2D eigenvalue weighted by molar-refractivity contribution is 0.305. The highest BCUT2D eigenvalue weighted by molar-refractivity contribution is 6.58. The molecular weight excluding hydrogens is 341 g/mol. The van der Waals surface area contributed by atoms with E-state index in [1.54, 1.807) is 35.5 Å². The number of hydrogen-bond donors (Lipinski definition) is 2. The standard InChI is InChI=1S/C15H11B3N8O/c16-15(17,18)27-13-4-11(24-25-13)22-12-7-20-10-6-21-26(14(10)23-12)8-9-2-1-3-19-5-9/h1-7H,8H2,(H2,22,23,24,25). The summed E-state index contributed by atoms with van der Waals surface area (Å²) in [6.07, 6.45) is 6.74. The summed E-state index contributed by atoms with van der Waals surface area (Å²) < 4.78 is 6.81. The van der Waals surface area contributed by atoms with Gasteiger partial charge in [0.15, 0.2) is 11.5 Å². The molecule has 2 N–H and O–H groups in total. The second-order valence-corrected chi connectivity index (χ2v) is 5.83. The number of nitrogens with one attached hydrogen (secondary N) is 2. The SMILES string of the molecule is [B]C([B])([B])Oc1cc(Nc2cnc3cnn(Cc4cccnc4)c3n2)[nH]n1. The summed E-state index contributed by atoms with van der Waals surface area (Å²) in [6, 6.07) is 5.38. The molecule has 4 aromatic heterocycles. The minimum Gasteiger partial charge on any atom is -0.500 e. The lowest BCUT2D eigenvalue weighted by Gasteiger charge is -2.20. The van der Waals surface area contributed by atoms with Crippen LogP contribution in [0.5, 0.6) is 5.88 Å². The average Bonchev–Trinajstić information content (AvgIpc) is 3.21. The number of rotatable bonds is 6. The molecule has 0 saturated carbocycles. The molecule has 0 amide bonds. The fraction of sp³-hybridized carbons (Fsp3) is 0.133. The largest absolute Gasteiger partial charge is 0.500 e. The van der Waals surface area contributed by atoms with Gasteiger partial charge in [0.05, 0.1) is 18.9 Å². The Morgan fingerprint density at radius 3 is 2.89 bits per heavy atom. The molecule has 126 valence electrons. The van der Waals surface area contributed by atoms with E-state index in [1.807, 2.05) is 12.1 Å². The number of H-pyrrole nitrogens is 1. The first kappa shape index (κ1) is 17.1. The van der Waals surface area contributed by atoms with Gasteiger partial charge >= 0.3 is 0 Å². The van der Waals surface area contributed by atoms with Crippen molar-refractivity contribution in [1.82, 2.24) is 34.9 Å². The highest BCUT2D eigenvalue weighted by atomic mass is 16.5. The van der Waals surface area contributed by atoms with Crippen LogP contribution in [0.3, 0.4) is 0 Å². The molecule has 9 nitrogen and oxygen atoms in total. The normalized spacial score (nSPS) is 11.6. The van der Waals surface area contributed by atoms with Gasteiger partial charge in [0, 0.05) is 18.5 Å². The summed E-state index contributed by atoms with van der Waals surface area (Å²) in [5.74, 6) is 1.13. The molecule has 0 atom stereocenters. The first-order valence-corrected chi connectivity index (χ1v) is 7.92. The summed E-state index contributed by atoms with van der Waals surface area (Å²) in [6.45, 7) is 0.531. The first-order valence-electron chi connectivity index (χ1n) is 7.92. The Labute approximate surface area is 158 Å². The van der Waals surface area contributed by atoms with E-state index >= 15 is 0 Å². The minimum absolute atomic E-state index is 0.139. The molecule has 0 aromatic carbocycles. The Morgan fingerprint density at radius 1 is 1.22 bits per heavy atom. The van der Waals surface area contributed by atoms with Crippen molar-refractivity contribution in [3.63, 3.8) is 0 Å². The first-order chi connectivity index (χ1) is 13.0. The van der Waals surface area contributed by atoms with Crippen LogP contribution >= 0.6 is 0 Å². The van der Waals surface area contributed by atoms with Crippen LogP contribution in [0.25, 0.3) is 11.2 Å². The molecule has 0 spiro atoms. The van der Waals surface area contributed by atoms with Crippen LogP contribution in [0.2, 0.25) is 0 Å². The lowest BCUT2D eigenvalue weighted by atomic mass is 9.52. The van der Waals surface area contributed by atoms with Crippen LogP contribution in [0.1, 0.15) is 5.56 Å². The third-order valence-electron chi connectivity index (χ3n) is 3.50. The molecule has 0 saturated heterocycles. The van der Waals surface area contributed by atoms with Gasteiger partial charge in [-0.25, -0.2) is 14.6 Å². The van der Waals surface area contributed by atoms with Gasteiger partial charge < -0.3 is 10.1 Å². The zero-order valence-corrected chi connectivity index (χ0v) is 14.1. The summed E-state index contributed by atoms with van der Waals surface area (Å²) in [5, 5.41) is 12.2. The maximum Gasteiger partial charge on any atom is 0.232 e. The van der Waals surface area contributed by atoms with E-state index in [-0.39, 0.29) is 5.88 Å². The van der Waals surface area contributed by atoms with Crippen molar-refractivity contribution in [1.29, 1.82) is 0 Å². The number of nitrogens with zero attached hydrogens (tertiary/aromatic N) is 6. The number of aromatic amines is 1. The zero-order valence-electron chi connectivity index (χ0n) is 14.1. The van der Waals surface area contributed by atoms with E-state index in [0.717, 1.165) is 5.56 Å². The molecule has 4 rings (SSSR count). The quantitative estimate of drug-likeness (QED) is 0.479. The second-order valence-electron chi connectivity index (χ2n) is 5.83. The van der Waals surface area contributed by atoms with Crippen molar-refractivity contribution < 1.29 is 4.74 Å². The predicted octanol–water partition coefficient (Wildman–Crippen LogP) is 0.232. The molecule has 0 unspecified atom stereocenters. The van der Waals surface area contributed by atoms with Crippen LogP contribution in [-0.4, -0.2) is 63.8 Å². The number of aromatic nitrogens is 7. The molecule has 27 heavy (non-hydrogen) atoms. The van der Waals surface area contributed by atoms with E-state index in [9.17, 15) is 0 Å². The summed E-state index contributed by atoms with van der Waals surface area (Å²) >= 11 is 0. The van der Waals surface area contributed by atoms with E-state index in [4.69, 9.17) is 28.3 Å². The highest BCUT2D eigenvalue weighted by Crippen LogP contribution is 2.20. The second kappa shape index (κ2) is 6.78. The van der Waals surface area contributed by atoms with Crippen molar-refractivity contribution in [2.75, 3.05) is 5.32 Å². The Morgan fingerprint density at radius 2 is 2.11 bits per heavy atom. The van der Waals surface area contributed by atoms with Gasteiger partial charge in [0.2, 0.25) is 5.88 Å². The molecule has 0 aliphatic heterocycles. The van der Waals surface area contributed by atoms with E-state index < -0.39 is 5.30 Å². The number of anilines is 2. The maximum atomic E-state index is 5.38. The van der Waals surface area contributed by atoms with Gasteiger partial charge in [-0.05, 0) is 16.9 Å². The van der Waals surface area contributed by atoms with Gasteiger partial charge in [0.25, 0.3) is 0 Å². The van der Waals surface area contributed by atoms with E-state index in [2.05, 4.69) is 35.6 Å². The third kappa shape index (κ3) is 4.10. The Hall–Kier alpha value is -3.30. The Balaban J connectivity index is 1.55. The molecule has 6 radical (unpaired) electrons. The minimum atomic E-state index is -1.82. The topological polar surface area (TPSA) is 106 Å². The molecule has 0 aliphatic carbocycles. The van der Waals surface area contributed by atoms with Crippen molar-refractivity contribution in [3.8, 4) is 5.88 Å². The fourth-order valence-corrected chi connectivity index (χ4v) is 2.43. The zero-order chi connectivity index (χ0) is 18.9. The summed E-state index contributed by atoms with van der Waals surface area (Å²) in [5.41, 5.74) is 2.31. The molecular formula is C15H11B3N8O. The van der Waals surface area contributed by atoms with Gasteiger partial charge in [-0.1, -0.05) is 6.07 Å². The Kier molecular flexibility index (Phi) is 4.31. The van der Waals surface area contributed by atoms with Gasteiger partial charge in [-0.15, -0.1) is 5.10 Å². The van der Waals surface area contributed by atoms with Crippen molar-refractivity contribution in [3.05, 3.63) is 48.5 Å². The van der Waals surface area contributed by atoms with Crippen LogP contribution < -0.4 is 10.1 Å². The summed E-state index contributed by atoms with van der Waals surface area (Å²) in [7, 11) is 16.1. The summed E-state index contributed by atoms with van der Waals surface area (Å²) in [4.78, 5) is 13.0. The van der Waals surface area contributed by atoms with Gasteiger partial charge in [0.1, 0.15) is 34.9 Å². The van der Waals surface area contributed by atoms with Crippen molar-refractivity contribution in [2.45, 2.75) is 11.8 Å². The van der Waals surface area contributed by atoms with Crippen LogP contribution in [0, 0.1) is 0 Å². The smallest absolute Gasteiger partial charge is 0.232 e. The van der Waals surface area contributed by atoms with Crippen molar-refractivity contribution in [2.24, 2.45) is 0 Å². The van der Waals surface area contributed by atoms with Crippen LogP contribution in [0.15, 0.2) is 43.0 Å². The number of fused-ring (bicyclic) bond motifs is 1. The molecule has 12 heteroatoms. The molecule has 0 fully saturated rings. The Bertz CT molecular complexity index is 1060. The lowest BCUT2D eigenvalue weighted by Crippen LogP contribution is -2.37. The van der Waals surface area contributed by atoms with Gasteiger partial charge in [-0.2, -0.15) is 5.10 Å². The molecule has 4 heterocycles. The third-order valence-corrected chi connectivity index (χ3v) is 3.50. The molecule has 0 bridgehead atoms. The van der Waals surface area contributed by atoms with Crippen LogP contribution in [-0.2, 0) is 6.54 Å². The molecule has 4 aromatic rings. The highest BCUT2D eigenvalue weighted by Gasteiger charge is 2.14. The van der Waals surface area contributed by atoms with E-state index in [0.29, 0.717) is 29.3 Å². The number of hydrogen-bond acceptors (Lipinski definition) is 7. The van der Waals surface area contributed by atoms with Crippen LogP contribution in [0.4, 0.5) is 11.6 Å². The predicted molar refractivity (Wildman–Crippen MR) is 101 cm³/mol. The monoisotopic (exact) mass is 352 g/mol. The van der Waals surface area contributed by atoms with Crippen molar-refractivity contribution >= 4 is 46.3 Å². The average molecular weight is 352 g/mol. The fourth-order valence-electron chi connectivity index (χ4n) is 2.43.